The van der Waals surface area contributed by atoms with Crippen LogP contribution in [-0.2, 0) is 4.79 Å². The van der Waals surface area contributed by atoms with E-state index in [-0.39, 0.29) is 5.78 Å². The molecule has 1 heterocycles. The molecule has 17 heavy (non-hydrogen) atoms. The van der Waals surface area contributed by atoms with Crippen LogP contribution in [0.1, 0.15) is 32.4 Å². The van der Waals surface area contributed by atoms with Crippen LogP contribution in [0.5, 0.6) is 0 Å². The molecule has 0 saturated heterocycles. The molecule has 1 aromatic heterocycles. The minimum absolute atomic E-state index is 0.138. The molecule has 3 heteroatoms. The van der Waals surface area contributed by atoms with Crippen molar-refractivity contribution >= 4 is 27.2 Å². The van der Waals surface area contributed by atoms with Crippen LogP contribution in [0.3, 0.4) is 0 Å². The molecule has 0 bridgehead atoms. The van der Waals surface area contributed by atoms with Gasteiger partial charge in [-0.1, -0.05) is 39.0 Å². The summed E-state index contributed by atoms with van der Waals surface area (Å²) in [5.41, 5.74) is 0.202. The van der Waals surface area contributed by atoms with Gasteiger partial charge in [-0.2, -0.15) is 0 Å². The predicted molar refractivity (Wildman–Crippen MR) is 71.2 cm³/mol. The van der Waals surface area contributed by atoms with E-state index in [1.54, 1.807) is 11.3 Å². The predicted octanol–water partition coefficient (Wildman–Crippen LogP) is 3.55. The van der Waals surface area contributed by atoms with Gasteiger partial charge in [0.2, 0.25) is 0 Å². The van der Waals surface area contributed by atoms with E-state index < -0.39 is 11.5 Å². The normalized spacial score (nSPS) is 13.9. The Labute approximate surface area is 105 Å². The van der Waals surface area contributed by atoms with Gasteiger partial charge in [0.25, 0.3) is 0 Å². The Morgan fingerprint density at radius 1 is 1.29 bits per heavy atom. The van der Waals surface area contributed by atoms with Gasteiger partial charge < -0.3 is 5.11 Å². The summed E-state index contributed by atoms with van der Waals surface area (Å²) < 4.78 is 1.10. The van der Waals surface area contributed by atoms with Gasteiger partial charge in [0.1, 0.15) is 6.10 Å². The summed E-state index contributed by atoms with van der Waals surface area (Å²) in [5.74, 6) is -0.138. The molecule has 2 aromatic rings. The fourth-order valence-electron chi connectivity index (χ4n) is 1.76. The van der Waals surface area contributed by atoms with E-state index in [0.29, 0.717) is 0 Å². The van der Waals surface area contributed by atoms with E-state index in [0.717, 1.165) is 15.6 Å². The molecule has 0 saturated carbocycles. The Hall–Kier alpha value is -1.19. The summed E-state index contributed by atoms with van der Waals surface area (Å²) in [5, 5.41) is 13.0. The van der Waals surface area contributed by atoms with Gasteiger partial charge in [-0.3, -0.25) is 4.79 Å². The quantitative estimate of drug-likeness (QED) is 0.882. The topological polar surface area (TPSA) is 37.3 Å². The highest BCUT2D eigenvalue weighted by Crippen LogP contribution is 2.33. The van der Waals surface area contributed by atoms with Crippen LogP contribution in [-0.4, -0.2) is 10.9 Å². The largest absolute Gasteiger partial charge is 0.380 e. The minimum atomic E-state index is -1.02. The molecule has 0 spiro atoms. The monoisotopic (exact) mass is 248 g/mol. The number of Topliss-reactive ketones (excluding diaryl/α,β-unsaturated/α-hetero) is 1. The number of ketones is 1. The molecule has 0 amide bonds. The van der Waals surface area contributed by atoms with Crippen LogP contribution in [0.2, 0.25) is 0 Å². The van der Waals surface area contributed by atoms with Gasteiger partial charge in [0.05, 0.1) is 0 Å². The highest BCUT2D eigenvalue weighted by atomic mass is 32.1. The molecule has 0 aliphatic carbocycles. The molecule has 1 aromatic carbocycles. The average Bonchev–Trinajstić information content (AvgIpc) is 2.69. The summed E-state index contributed by atoms with van der Waals surface area (Å²) in [6.45, 7) is 5.48. The van der Waals surface area contributed by atoms with Crippen molar-refractivity contribution in [2.24, 2.45) is 5.41 Å². The Morgan fingerprint density at radius 2 is 1.94 bits per heavy atom. The third-order valence-corrected chi connectivity index (χ3v) is 3.77. The minimum Gasteiger partial charge on any atom is -0.380 e. The smallest absolute Gasteiger partial charge is 0.171 e. The van der Waals surface area contributed by atoms with Crippen molar-refractivity contribution in [3.05, 3.63) is 35.2 Å². The first-order chi connectivity index (χ1) is 7.91. The van der Waals surface area contributed by atoms with Crippen LogP contribution >= 0.6 is 11.3 Å². The summed E-state index contributed by atoms with van der Waals surface area (Å²) in [6, 6.07) is 7.82. The van der Waals surface area contributed by atoms with Gasteiger partial charge in [0.15, 0.2) is 5.78 Å². The Kier molecular flexibility index (Phi) is 3.06. The van der Waals surface area contributed by atoms with Crippen LogP contribution in [0, 0.1) is 5.41 Å². The van der Waals surface area contributed by atoms with E-state index in [1.807, 2.05) is 50.4 Å². The lowest BCUT2D eigenvalue weighted by Crippen LogP contribution is -2.26. The number of fused-ring (bicyclic) bond motifs is 1. The Balaban J connectivity index is 2.44. The van der Waals surface area contributed by atoms with Gasteiger partial charge in [-0.05, 0) is 16.8 Å². The average molecular weight is 248 g/mol. The maximum atomic E-state index is 12.1. The summed E-state index contributed by atoms with van der Waals surface area (Å²) >= 11 is 1.56. The van der Waals surface area contributed by atoms with Crippen molar-refractivity contribution in [1.29, 1.82) is 0 Å². The van der Waals surface area contributed by atoms with Crippen LogP contribution in [0.25, 0.3) is 10.1 Å². The van der Waals surface area contributed by atoms with Gasteiger partial charge >= 0.3 is 0 Å². The maximum absolute atomic E-state index is 12.1. The molecule has 2 nitrogen and oxygen atoms in total. The summed E-state index contributed by atoms with van der Waals surface area (Å²) in [4.78, 5) is 12.1. The first-order valence-electron chi connectivity index (χ1n) is 5.60. The molecule has 1 atom stereocenters. The maximum Gasteiger partial charge on any atom is 0.171 e. The molecular formula is C14H16O2S. The van der Waals surface area contributed by atoms with Crippen molar-refractivity contribution in [3.8, 4) is 0 Å². The number of aliphatic hydroxyl groups is 1. The number of benzene rings is 1. The lowest BCUT2D eigenvalue weighted by Gasteiger charge is -2.20. The highest BCUT2D eigenvalue weighted by Gasteiger charge is 2.30. The molecule has 90 valence electrons. The SMILES string of the molecule is CC(C)(C)C(=O)C(O)c1csc2ccccc12. The van der Waals surface area contributed by atoms with Crippen molar-refractivity contribution in [1.82, 2.24) is 0 Å². The van der Waals surface area contributed by atoms with E-state index in [1.165, 1.54) is 0 Å². The number of carbonyl (C=O) groups excluding carboxylic acids is 1. The molecule has 0 aliphatic rings. The second kappa shape index (κ2) is 4.24. The van der Waals surface area contributed by atoms with E-state index in [4.69, 9.17) is 0 Å². The molecule has 1 unspecified atom stereocenters. The highest BCUT2D eigenvalue weighted by molar-refractivity contribution is 7.17. The second-order valence-electron chi connectivity index (χ2n) is 5.20. The molecule has 1 N–H and O–H groups in total. The lowest BCUT2D eigenvalue weighted by atomic mass is 9.85. The number of hydrogen-bond acceptors (Lipinski definition) is 3. The zero-order valence-corrected chi connectivity index (χ0v) is 11.0. The number of aliphatic hydroxyl groups excluding tert-OH is 1. The first-order valence-corrected chi connectivity index (χ1v) is 6.48. The summed E-state index contributed by atoms with van der Waals surface area (Å²) in [7, 11) is 0. The molecule has 0 aliphatic heterocycles. The van der Waals surface area contributed by atoms with Crippen molar-refractivity contribution < 1.29 is 9.90 Å². The molecule has 2 rings (SSSR count). The molecule has 0 radical (unpaired) electrons. The number of rotatable bonds is 2. The Bertz CT molecular complexity index is 549. The van der Waals surface area contributed by atoms with E-state index >= 15 is 0 Å². The van der Waals surface area contributed by atoms with E-state index in [9.17, 15) is 9.90 Å². The molecule has 0 fully saturated rings. The number of hydrogen-bond donors (Lipinski definition) is 1. The number of carbonyl (C=O) groups is 1. The van der Waals surface area contributed by atoms with Crippen LogP contribution in [0.15, 0.2) is 29.6 Å². The van der Waals surface area contributed by atoms with Crippen molar-refractivity contribution in [3.63, 3.8) is 0 Å². The van der Waals surface area contributed by atoms with Gasteiger partial charge in [-0.25, -0.2) is 0 Å². The zero-order chi connectivity index (χ0) is 12.6. The fraction of sp³-hybridized carbons (Fsp3) is 0.357. The third-order valence-electron chi connectivity index (χ3n) is 2.79. The van der Waals surface area contributed by atoms with Gasteiger partial charge in [0, 0.05) is 15.7 Å². The molecular weight excluding hydrogens is 232 g/mol. The van der Waals surface area contributed by atoms with E-state index in [2.05, 4.69) is 0 Å². The van der Waals surface area contributed by atoms with Gasteiger partial charge in [-0.15, -0.1) is 11.3 Å². The summed E-state index contributed by atoms with van der Waals surface area (Å²) in [6.07, 6.45) is -1.02. The first kappa shape index (κ1) is 12.3. The third kappa shape index (κ3) is 2.26. The van der Waals surface area contributed by atoms with Crippen LogP contribution < -0.4 is 0 Å². The van der Waals surface area contributed by atoms with Crippen molar-refractivity contribution in [2.75, 3.05) is 0 Å². The lowest BCUT2D eigenvalue weighted by molar-refractivity contribution is -0.135. The second-order valence-corrected chi connectivity index (χ2v) is 6.12. The van der Waals surface area contributed by atoms with Crippen LogP contribution in [0.4, 0.5) is 0 Å². The standard InChI is InChI=1S/C14H16O2S/c1-14(2,3)13(16)12(15)10-8-17-11-7-5-4-6-9(10)11/h4-8,12,15H,1-3H3. The fourth-order valence-corrected chi connectivity index (χ4v) is 2.74. The zero-order valence-electron chi connectivity index (χ0n) is 10.2. The number of thiophene rings is 1. The Morgan fingerprint density at radius 3 is 2.59 bits per heavy atom. The van der Waals surface area contributed by atoms with Crippen molar-refractivity contribution in [2.45, 2.75) is 26.9 Å².